The van der Waals surface area contributed by atoms with Crippen LogP contribution in [0.1, 0.15) is 58.8 Å². The number of nitrogens with zero attached hydrogens (tertiary/aromatic N) is 2. The number of aromatic nitrogens is 1. The fourth-order valence-electron chi connectivity index (χ4n) is 4.56. The Morgan fingerprint density at radius 3 is 2.69 bits per heavy atom. The highest BCUT2D eigenvalue weighted by atomic mass is 19.1. The van der Waals surface area contributed by atoms with Gasteiger partial charge in [0.2, 0.25) is 0 Å². The van der Waals surface area contributed by atoms with E-state index in [1.54, 1.807) is 18.3 Å². The lowest BCUT2D eigenvalue weighted by atomic mass is 9.80. The van der Waals surface area contributed by atoms with Crippen LogP contribution in [0.15, 0.2) is 30.5 Å². The molecule has 0 amide bonds. The highest BCUT2D eigenvalue weighted by Crippen LogP contribution is 2.42. The molecule has 2 aromatic rings. The number of benzene rings is 1. The number of aryl methyl sites for hydroxylation is 1. The average molecular weight is 354 g/mol. The minimum absolute atomic E-state index is 0.113. The number of halogens is 1. The first-order chi connectivity index (χ1) is 12.5. The predicted octanol–water partition coefficient (Wildman–Crippen LogP) is 4.52. The molecule has 136 valence electrons. The summed E-state index contributed by atoms with van der Waals surface area (Å²) in [7, 11) is 0. The van der Waals surface area contributed by atoms with E-state index in [2.05, 4.69) is 9.88 Å². The van der Waals surface area contributed by atoms with Crippen LogP contribution >= 0.6 is 0 Å². The van der Waals surface area contributed by atoms with Gasteiger partial charge in [-0.05, 0) is 66.6 Å². The molecule has 1 N–H and O–H groups in total. The zero-order chi connectivity index (χ0) is 18.3. The molecule has 2 heterocycles. The first-order valence-corrected chi connectivity index (χ1v) is 9.25. The maximum Gasteiger partial charge on any atom is 0.354 e. The van der Waals surface area contributed by atoms with Gasteiger partial charge in [0.15, 0.2) is 0 Å². The number of carboxylic acid groups (broad SMARTS) is 1. The standard InChI is InChI=1S/C21H23FN2O2/c1-13-6-16(22)8-17(7-13)24-11-15-10-23-20(21(25)26)9-18(15)19(12-24)14-4-2-3-5-14/h6-10,14,19H,2-5,11-12H2,1H3,(H,25,26). The van der Waals surface area contributed by atoms with Crippen molar-refractivity contribution in [3.8, 4) is 0 Å². The molecule has 0 saturated heterocycles. The lowest BCUT2D eigenvalue weighted by Gasteiger charge is -2.39. The highest BCUT2D eigenvalue weighted by Gasteiger charge is 2.34. The number of carboxylic acids is 1. The molecule has 5 heteroatoms. The first kappa shape index (κ1) is 17.0. The molecule has 1 aliphatic carbocycles. The molecule has 1 aromatic heterocycles. The van der Waals surface area contributed by atoms with E-state index in [0.717, 1.165) is 28.9 Å². The Balaban J connectivity index is 1.74. The number of anilines is 1. The van der Waals surface area contributed by atoms with E-state index in [1.807, 2.05) is 13.0 Å². The van der Waals surface area contributed by atoms with Crippen molar-refractivity contribution >= 4 is 11.7 Å². The van der Waals surface area contributed by atoms with E-state index in [9.17, 15) is 14.3 Å². The number of fused-ring (bicyclic) bond motifs is 1. The number of hydrogen-bond donors (Lipinski definition) is 1. The van der Waals surface area contributed by atoms with Gasteiger partial charge in [-0.15, -0.1) is 0 Å². The Labute approximate surface area is 152 Å². The van der Waals surface area contributed by atoms with Gasteiger partial charge in [0.05, 0.1) is 0 Å². The third-order valence-corrected chi connectivity index (χ3v) is 5.78. The molecule has 4 rings (SSSR count). The molecule has 1 atom stereocenters. The molecule has 26 heavy (non-hydrogen) atoms. The molecule has 0 spiro atoms. The van der Waals surface area contributed by atoms with Crippen molar-refractivity contribution in [2.24, 2.45) is 5.92 Å². The summed E-state index contributed by atoms with van der Waals surface area (Å²) in [5, 5.41) is 9.31. The summed E-state index contributed by atoms with van der Waals surface area (Å²) in [6, 6.07) is 6.90. The van der Waals surface area contributed by atoms with Gasteiger partial charge in [-0.3, -0.25) is 0 Å². The predicted molar refractivity (Wildman–Crippen MR) is 98.1 cm³/mol. The lowest BCUT2D eigenvalue weighted by molar-refractivity contribution is 0.0690. The van der Waals surface area contributed by atoms with Crippen LogP contribution in [-0.4, -0.2) is 22.6 Å². The molecule has 0 radical (unpaired) electrons. The van der Waals surface area contributed by atoms with E-state index in [4.69, 9.17) is 0 Å². The van der Waals surface area contributed by atoms with Crippen LogP contribution < -0.4 is 4.90 Å². The fraction of sp³-hybridized carbons (Fsp3) is 0.429. The van der Waals surface area contributed by atoms with Crippen LogP contribution in [0.5, 0.6) is 0 Å². The number of carbonyl (C=O) groups is 1. The van der Waals surface area contributed by atoms with Crippen molar-refractivity contribution in [3.05, 3.63) is 58.7 Å². The van der Waals surface area contributed by atoms with E-state index in [1.165, 1.54) is 31.7 Å². The van der Waals surface area contributed by atoms with Gasteiger partial charge >= 0.3 is 5.97 Å². The molecule has 1 unspecified atom stereocenters. The minimum Gasteiger partial charge on any atom is -0.477 e. The normalized spacial score (nSPS) is 20.2. The van der Waals surface area contributed by atoms with Crippen LogP contribution in [0.3, 0.4) is 0 Å². The number of hydrogen-bond acceptors (Lipinski definition) is 3. The van der Waals surface area contributed by atoms with Crippen molar-refractivity contribution in [1.82, 2.24) is 4.98 Å². The summed E-state index contributed by atoms with van der Waals surface area (Å²) in [4.78, 5) is 17.7. The zero-order valence-corrected chi connectivity index (χ0v) is 14.9. The average Bonchev–Trinajstić information content (AvgIpc) is 3.13. The number of aromatic carboxylic acids is 1. The van der Waals surface area contributed by atoms with Crippen molar-refractivity contribution in [2.45, 2.75) is 45.1 Å². The molecule has 1 aromatic carbocycles. The lowest BCUT2D eigenvalue weighted by Crippen LogP contribution is -2.36. The van der Waals surface area contributed by atoms with Gasteiger partial charge in [-0.1, -0.05) is 12.8 Å². The molecular weight excluding hydrogens is 331 g/mol. The fourth-order valence-corrected chi connectivity index (χ4v) is 4.56. The van der Waals surface area contributed by atoms with Crippen molar-refractivity contribution in [1.29, 1.82) is 0 Å². The SMILES string of the molecule is Cc1cc(F)cc(N2Cc3cnc(C(=O)O)cc3C(C3CCCC3)C2)c1. The van der Waals surface area contributed by atoms with E-state index >= 15 is 0 Å². The molecule has 1 saturated carbocycles. The minimum atomic E-state index is -0.985. The van der Waals surface area contributed by atoms with Crippen LogP contribution in [0.25, 0.3) is 0 Å². The summed E-state index contributed by atoms with van der Waals surface area (Å²) in [5.41, 5.74) is 4.08. The molecular formula is C21H23FN2O2. The van der Waals surface area contributed by atoms with Gasteiger partial charge in [0.25, 0.3) is 0 Å². The van der Waals surface area contributed by atoms with Gasteiger partial charge in [-0.2, -0.15) is 0 Å². The molecule has 0 bridgehead atoms. The first-order valence-electron chi connectivity index (χ1n) is 9.25. The maximum absolute atomic E-state index is 13.9. The topological polar surface area (TPSA) is 53.4 Å². The third kappa shape index (κ3) is 3.18. The van der Waals surface area contributed by atoms with Crippen LogP contribution in [-0.2, 0) is 6.54 Å². The monoisotopic (exact) mass is 354 g/mol. The molecule has 1 aliphatic heterocycles. The summed E-state index contributed by atoms with van der Waals surface area (Å²) in [6.45, 7) is 3.33. The largest absolute Gasteiger partial charge is 0.477 e. The Hall–Kier alpha value is -2.43. The second kappa shape index (κ2) is 6.71. The van der Waals surface area contributed by atoms with Crippen molar-refractivity contribution in [3.63, 3.8) is 0 Å². The van der Waals surface area contributed by atoms with Crippen LogP contribution in [0.4, 0.5) is 10.1 Å². The van der Waals surface area contributed by atoms with Gasteiger partial charge in [0, 0.05) is 30.9 Å². The van der Waals surface area contributed by atoms with Gasteiger partial charge < -0.3 is 10.0 Å². The quantitative estimate of drug-likeness (QED) is 0.880. The summed E-state index contributed by atoms with van der Waals surface area (Å²) < 4.78 is 13.9. The van der Waals surface area contributed by atoms with Gasteiger partial charge in [0.1, 0.15) is 11.5 Å². The summed E-state index contributed by atoms with van der Waals surface area (Å²) in [6.07, 6.45) is 6.49. The Morgan fingerprint density at radius 2 is 2.00 bits per heavy atom. The van der Waals surface area contributed by atoms with E-state index in [0.29, 0.717) is 12.5 Å². The van der Waals surface area contributed by atoms with E-state index in [-0.39, 0.29) is 17.4 Å². The molecule has 1 fully saturated rings. The summed E-state index contributed by atoms with van der Waals surface area (Å²) >= 11 is 0. The second-order valence-electron chi connectivity index (χ2n) is 7.59. The second-order valence-corrected chi connectivity index (χ2v) is 7.59. The number of pyridine rings is 1. The Morgan fingerprint density at radius 1 is 1.23 bits per heavy atom. The van der Waals surface area contributed by atoms with E-state index < -0.39 is 5.97 Å². The number of rotatable bonds is 3. The van der Waals surface area contributed by atoms with Crippen molar-refractivity contribution in [2.75, 3.05) is 11.4 Å². The smallest absolute Gasteiger partial charge is 0.354 e. The Bertz CT molecular complexity index is 826. The maximum atomic E-state index is 13.9. The van der Waals surface area contributed by atoms with Crippen LogP contribution in [0, 0.1) is 18.7 Å². The van der Waals surface area contributed by atoms with Crippen molar-refractivity contribution < 1.29 is 14.3 Å². The highest BCUT2D eigenvalue weighted by molar-refractivity contribution is 5.85. The summed E-state index contributed by atoms with van der Waals surface area (Å²) in [5.74, 6) is -0.384. The van der Waals surface area contributed by atoms with Gasteiger partial charge in [-0.25, -0.2) is 14.2 Å². The Kier molecular flexibility index (Phi) is 4.39. The zero-order valence-electron chi connectivity index (χ0n) is 14.9. The third-order valence-electron chi connectivity index (χ3n) is 5.78. The molecule has 2 aliphatic rings. The van der Waals surface area contributed by atoms with Crippen LogP contribution in [0.2, 0.25) is 0 Å². The molecule has 4 nitrogen and oxygen atoms in total.